The van der Waals surface area contributed by atoms with E-state index >= 15 is 0 Å². The van der Waals surface area contributed by atoms with Crippen LogP contribution in [-0.4, -0.2) is 49.7 Å². The van der Waals surface area contributed by atoms with Gasteiger partial charge in [0, 0.05) is 25.2 Å². The van der Waals surface area contributed by atoms with Crippen LogP contribution >= 0.6 is 0 Å². The van der Waals surface area contributed by atoms with Gasteiger partial charge in [-0.2, -0.15) is 4.31 Å². The highest BCUT2D eigenvalue weighted by Crippen LogP contribution is 2.21. The molecule has 1 saturated heterocycles. The third-order valence-electron chi connectivity index (χ3n) is 3.85. The molecule has 2 heterocycles. The molecular formula is C14H23N3O4S. The molecular weight excluding hydrogens is 306 g/mol. The van der Waals surface area contributed by atoms with Gasteiger partial charge in [0.1, 0.15) is 5.69 Å². The summed E-state index contributed by atoms with van der Waals surface area (Å²) in [5, 5.41) is 2.96. The Morgan fingerprint density at radius 3 is 2.82 bits per heavy atom. The number of pyridine rings is 1. The molecule has 1 aliphatic heterocycles. The normalized spacial score (nSPS) is 19.3. The summed E-state index contributed by atoms with van der Waals surface area (Å²) in [4.78, 5) is 14.3. The fourth-order valence-corrected chi connectivity index (χ4v) is 4.43. The lowest BCUT2D eigenvalue weighted by molar-refractivity contribution is 0.397. The van der Waals surface area contributed by atoms with Crippen LogP contribution in [0.1, 0.15) is 26.2 Å². The first kappa shape index (κ1) is 16.8. The third-order valence-corrected chi connectivity index (χ3v) is 5.91. The van der Waals surface area contributed by atoms with Gasteiger partial charge in [0.05, 0.1) is 12.9 Å². The topological polar surface area (TPSA) is 91.5 Å². The third kappa shape index (κ3) is 4.01. The van der Waals surface area contributed by atoms with E-state index in [9.17, 15) is 13.2 Å². The second-order valence-electron chi connectivity index (χ2n) is 5.47. The number of hydrogen-bond donors (Lipinski definition) is 2. The molecule has 1 aromatic rings. The van der Waals surface area contributed by atoms with Gasteiger partial charge in [0.15, 0.2) is 5.88 Å². The van der Waals surface area contributed by atoms with Gasteiger partial charge >= 0.3 is 0 Å². The number of sulfonamides is 1. The number of nitrogens with zero attached hydrogens (tertiary/aromatic N) is 1. The number of rotatable bonds is 7. The number of hydrogen-bond acceptors (Lipinski definition) is 5. The second-order valence-corrected chi connectivity index (χ2v) is 7.51. The highest BCUT2D eigenvalue weighted by Gasteiger charge is 2.30. The summed E-state index contributed by atoms with van der Waals surface area (Å²) in [6, 6.07) is 3.36. The summed E-state index contributed by atoms with van der Waals surface area (Å²) in [6.07, 6.45) is 2.32. The molecule has 1 aliphatic rings. The molecule has 0 aliphatic carbocycles. The maximum absolute atomic E-state index is 12.2. The first-order chi connectivity index (χ1) is 10.4. The van der Waals surface area contributed by atoms with Crippen LogP contribution in [0.15, 0.2) is 16.9 Å². The summed E-state index contributed by atoms with van der Waals surface area (Å²) in [5.41, 5.74) is 0.128. The van der Waals surface area contributed by atoms with Gasteiger partial charge in [-0.1, -0.05) is 0 Å². The molecule has 1 unspecified atom stereocenters. The molecule has 8 heteroatoms. The van der Waals surface area contributed by atoms with E-state index in [1.54, 1.807) is 16.4 Å². The molecule has 0 amide bonds. The van der Waals surface area contributed by atoms with Gasteiger partial charge in [0.2, 0.25) is 10.0 Å². The number of H-pyrrole nitrogens is 1. The molecule has 22 heavy (non-hydrogen) atoms. The number of ether oxygens (including phenoxy) is 1. The van der Waals surface area contributed by atoms with Crippen LogP contribution in [0.3, 0.4) is 0 Å². The molecule has 0 aromatic carbocycles. The highest BCUT2D eigenvalue weighted by molar-refractivity contribution is 7.89. The van der Waals surface area contributed by atoms with E-state index in [4.69, 9.17) is 4.74 Å². The van der Waals surface area contributed by atoms with E-state index < -0.39 is 10.0 Å². The highest BCUT2D eigenvalue weighted by atomic mass is 32.2. The van der Waals surface area contributed by atoms with E-state index in [1.807, 2.05) is 6.92 Å². The lowest BCUT2D eigenvalue weighted by atomic mass is 10.3. The zero-order chi connectivity index (χ0) is 16.2. The van der Waals surface area contributed by atoms with Crippen molar-refractivity contribution < 1.29 is 13.2 Å². The number of methoxy groups -OCH3 is 1. The maximum Gasteiger partial charge on any atom is 0.274 e. The Bertz CT molecular complexity index is 656. The summed E-state index contributed by atoms with van der Waals surface area (Å²) in [5.74, 6) is 0.486. The first-order valence-electron chi connectivity index (χ1n) is 7.45. The Kier molecular flexibility index (Phi) is 5.47. The zero-order valence-corrected chi connectivity index (χ0v) is 13.8. The first-order valence-corrected chi connectivity index (χ1v) is 9.05. The second kappa shape index (κ2) is 7.15. The van der Waals surface area contributed by atoms with Crippen molar-refractivity contribution in [1.82, 2.24) is 9.29 Å². The largest absolute Gasteiger partial charge is 0.482 e. The van der Waals surface area contributed by atoms with E-state index in [0.717, 1.165) is 12.8 Å². The average molecular weight is 329 g/mol. The molecule has 0 saturated carbocycles. The summed E-state index contributed by atoms with van der Waals surface area (Å²) in [6.45, 7) is 2.99. The van der Waals surface area contributed by atoms with Crippen LogP contribution in [0.5, 0.6) is 5.88 Å². The van der Waals surface area contributed by atoms with Crippen LogP contribution in [0.25, 0.3) is 0 Å². The van der Waals surface area contributed by atoms with Crippen LogP contribution in [0.2, 0.25) is 0 Å². The number of aromatic nitrogens is 1. The molecule has 1 fully saturated rings. The molecule has 1 aromatic heterocycles. The average Bonchev–Trinajstić information content (AvgIpc) is 2.92. The van der Waals surface area contributed by atoms with Crippen molar-refractivity contribution in [1.29, 1.82) is 0 Å². The number of nitrogens with one attached hydrogen (secondary N) is 2. The van der Waals surface area contributed by atoms with E-state index in [-0.39, 0.29) is 17.4 Å². The molecule has 0 radical (unpaired) electrons. The summed E-state index contributed by atoms with van der Waals surface area (Å²) >= 11 is 0. The number of anilines is 1. The molecule has 0 bridgehead atoms. The van der Waals surface area contributed by atoms with Gasteiger partial charge in [-0.3, -0.25) is 9.78 Å². The van der Waals surface area contributed by atoms with Crippen LogP contribution in [0.4, 0.5) is 5.69 Å². The van der Waals surface area contributed by atoms with Crippen molar-refractivity contribution in [3.8, 4) is 5.88 Å². The van der Waals surface area contributed by atoms with Crippen molar-refractivity contribution in [2.24, 2.45) is 0 Å². The SMILES string of the molecule is COc1ccc(NCCCS(=O)(=O)N2CCCC2C)c(=O)[nH]1. The molecule has 2 rings (SSSR count). The van der Waals surface area contributed by atoms with E-state index in [2.05, 4.69) is 10.3 Å². The van der Waals surface area contributed by atoms with E-state index in [0.29, 0.717) is 31.1 Å². The molecule has 124 valence electrons. The molecule has 0 spiro atoms. The predicted octanol–water partition coefficient (Wildman–Crippen LogP) is 1.000. The van der Waals surface area contributed by atoms with Crippen LogP contribution in [0, 0.1) is 0 Å². The zero-order valence-electron chi connectivity index (χ0n) is 13.0. The van der Waals surface area contributed by atoms with Gasteiger partial charge < -0.3 is 10.1 Å². The Morgan fingerprint density at radius 1 is 1.45 bits per heavy atom. The van der Waals surface area contributed by atoms with Crippen LogP contribution < -0.4 is 15.6 Å². The Hall–Kier alpha value is -1.54. The quantitative estimate of drug-likeness (QED) is 0.728. The standard InChI is InChI=1S/C14H23N3O4S/c1-11-5-3-9-17(11)22(19,20)10-4-8-15-12-6-7-13(21-2)16-14(12)18/h6-7,11,15H,3-5,8-10H2,1-2H3,(H,16,18). The van der Waals surface area contributed by atoms with Crippen molar-refractivity contribution in [3.05, 3.63) is 22.5 Å². The minimum Gasteiger partial charge on any atom is -0.482 e. The number of aromatic amines is 1. The Morgan fingerprint density at radius 2 is 2.23 bits per heavy atom. The van der Waals surface area contributed by atoms with E-state index in [1.165, 1.54) is 7.11 Å². The Labute approximate surface area is 130 Å². The van der Waals surface area contributed by atoms with Crippen LogP contribution in [-0.2, 0) is 10.0 Å². The molecule has 2 N–H and O–H groups in total. The fraction of sp³-hybridized carbons (Fsp3) is 0.643. The summed E-state index contributed by atoms with van der Waals surface area (Å²) < 4.78 is 30.9. The van der Waals surface area contributed by atoms with Crippen molar-refractivity contribution in [3.63, 3.8) is 0 Å². The van der Waals surface area contributed by atoms with Gasteiger partial charge in [-0.25, -0.2) is 8.42 Å². The lowest BCUT2D eigenvalue weighted by Gasteiger charge is -2.20. The van der Waals surface area contributed by atoms with Crippen molar-refractivity contribution in [2.45, 2.75) is 32.2 Å². The van der Waals surface area contributed by atoms with Gasteiger partial charge in [0.25, 0.3) is 5.56 Å². The van der Waals surface area contributed by atoms with Gasteiger partial charge in [-0.15, -0.1) is 0 Å². The molecule has 1 atom stereocenters. The van der Waals surface area contributed by atoms with Gasteiger partial charge in [-0.05, 0) is 32.3 Å². The fourth-order valence-electron chi connectivity index (χ4n) is 2.63. The van der Waals surface area contributed by atoms with Crippen molar-refractivity contribution >= 4 is 15.7 Å². The predicted molar refractivity (Wildman–Crippen MR) is 85.9 cm³/mol. The minimum atomic E-state index is -3.20. The minimum absolute atomic E-state index is 0.0956. The van der Waals surface area contributed by atoms with Crippen molar-refractivity contribution in [2.75, 3.05) is 31.3 Å². The molecule has 7 nitrogen and oxygen atoms in total. The monoisotopic (exact) mass is 329 g/mol. The lowest BCUT2D eigenvalue weighted by Crippen LogP contribution is -2.35. The Balaban J connectivity index is 1.83. The smallest absolute Gasteiger partial charge is 0.274 e. The summed E-state index contributed by atoms with van der Waals surface area (Å²) in [7, 11) is -1.72. The maximum atomic E-state index is 12.2.